The van der Waals surface area contributed by atoms with Gasteiger partial charge < -0.3 is 5.11 Å². The second-order valence-corrected chi connectivity index (χ2v) is 3.68. The van der Waals surface area contributed by atoms with E-state index in [1.54, 1.807) is 23.7 Å². The third-order valence-corrected chi connectivity index (χ3v) is 2.38. The first-order chi connectivity index (χ1) is 8.08. The summed E-state index contributed by atoms with van der Waals surface area (Å²) < 4.78 is 1.67. The van der Waals surface area contributed by atoms with E-state index in [2.05, 4.69) is 15.1 Å². The molecular weight excluding hydrogens is 220 g/mol. The summed E-state index contributed by atoms with van der Waals surface area (Å²) in [7, 11) is 0. The van der Waals surface area contributed by atoms with Gasteiger partial charge in [-0.25, -0.2) is 19.4 Å². The molecule has 0 bridgehead atoms. The van der Waals surface area contributed by atoms with Gasteiger partial charge in [0.05, 0.1) is 6.54 Å². The minimum absolute atomic E-state index is 0.0556. The van der Waals surface area contributed by atoms with E-state index in [9.17, 15) is 4.79 Å². The summed E-state index contributed by atoms with van der Waals surface area (Å²) in [5.41, 5.74) is 0.674. The predicted molar refractivity (Wildman–Crippen MR) is 59.8 cm³/mol. The number of carboxylic acids is 1. The molecule has 0 fully saturated rings. The molecule has 1 N–H and O–H groups in total. The van der Waals surface area contributed by atoms with Crippen molar-refractivity contribution in [2.24, 2.45) is 0 Å². The second kappa shape index (κ2) is 4.32. The highest BCUT2D eigenvalue weighted by Crippen LogP contribution is 2.08. The van der Waals surface area contributed by atoms with E-state index in [-0.39, 0.29) is 5.69 Å². The zero-order valence-corrected chi connectivity index (χ0v) is 9.58. The molecule has 17 heavy (non-hydrogen) atoms. The van der Waals surface area contributed by atoms with Crippen LogP contribution in [0.3, 0.4) is 0 Å². The second-order valence-electron chi connectivity index (χ2n) is 3.68. The maximum absolute atomic E-state index is 11.0. The van der Waals surface area contributed by atoms with Gasteiger partial charge in [-0.05, 0) is 19.9 Å². The van der Waals surface area contributed by atoms with Gasteiger partial charge in [-0.15, -0.1) is 0 Å². The van der Waals surface area contributed by atoms with Gasteiger partial charge in [-0.1, -0.05) is 6.07 Å². The Morgan fingerprint density at radius 1 is 1.47 bits per heavy atom. The Hall–Kier alpha value is -2.24. The number of pyridine rings is 1. The van der Waals surface area contributed by atoms with Crippen LogP contribution in [0, 0.1) is 13.8 Å². The molecule has 2 aromatic heterocycles. The summed E-state index contributed by atoms with van der Waals surface area (Å²) in [5, 5.41) is 13.2. The average Bonchev–Trinajstić information content (AvgIpc) is 2.58. The Bertz CT molecular complexity index is 562. The van der Waals surface area contributed by atoms with E-state index in [0.717, 1.165) is 5.82 Å². The first-order valence-corrected chi connectivity index (χ1v) is 5.13. The van der Waals surface area contributed by atoms with Crippen LogP contribution in [0.25, 0.3) is 0 Å². The quantitative estimate of drug-likeness (QED) is 0.855. The molecular formula is C11H12N4O2. The van der Waals surface area contributed by atoms with Gasteiger partial charge in [0.15, 0.2) is 5.69 Å². The number of hydrogen-bond acceptors (Lipinski definition) is 4. The summed E-state index contributed by atoms with van der Waals surface area (Å²) >= 11 is 0. The Labute approximate surface area is 98.0 Å². The zero-order valence-electron chi connectivity index (χ0n) is 9.58. The number of nitrogens with zero attached hydrogens (tertiary/aromatic N) is 4. The largest absolute Gasteiger partial charge is 0.477 e. The van der Waals surface area contributed by atoms with Gasteiger partial charge in [0.1, 0.15) is 11.6 Å². The lowest BCUT2D eigenvalue weighted by Crippen LogP contribution is -2.11. The molecule has 2 rings (SSSR count). The molecule has 0 atom stereocenters. The zero-order chi connectivity index (χ0) is 12.4. The number of aromatic nitrogens is 4. The van der Waals surface area contributed by atoms with E-state index in [0.29, 0.717) is 17.9 Å². The van der Waals surface area contributed by atoms with E-state index >= 15 is 0 Å². The first kappa shape index (κ1) is 11.3. The van der Waals surface area contributed by atoms with Crippen molar-refractivity contribution < 1.29 is 9.90 Å². The van der Waals surface area contributed by atoms with Crippen LogP contribution in [0.2, 0.25) is 0 Å². The summed E-state index contributed by atoms with van der Waals surface area (Å²) in [6.07, 6.45) is 1.46. The lowest BCUT2D eigenvalue weighted by molar-refractivity contribution is 0.0689. The van der Waals surface area contributed by atoms with Gasteiger partial charge in [0, 0.05) is 11.8 Å². The molecule has 88 valence electrons. The molecule has 0 radical (unpaired) electrons. The monoisotopic (exact) mass is 232 g/mol. The molecule has 2 heterocycles. The van der Waals surface area contributed by atoms with Gasteiger partial charge >= 0.3 is 5.97 Å². The van der Waals surface area contributed by atoms with Crippen molar-refractivity contribution in [1.82, 2.24) is 19.7 Å². The number of carbonyl (C=O) groups is 1. The molecule has 6 heteroatoms. The highest BCUT2D eigenvalue weighted by Gasteiger charge is 2.12. The van der Waals surface area contributed by atoms with E-state index in [1.165, 1.54) is 6.20 Å². The fourth-order valence-corrected chi connectivity index (χ4v) is 1.63. The molecule has 0 saturated carbocycles. The van der Waals surface area contributed by atoms with Crippen LogP contribution in [-0.2, 0) is 6.54 Å². The average molecular weight is 232 g/mol. The van der Waals surface area contributed by atoms with Crippen LogP contribution < -0.4 is 0 Å². The summed E-state index contributed by atoms with van der Waals surface area (Å²) in [6.45, 7) is 3.99. The van der Waals surface area contributed by atoms with Crippen molar-refractivity contribution in [1.29, 1.82) is 0 Å². The highest BCUT2D eigenvalue weighted by atomic mass is 16.4. The SMILES string of the molecule is Cc1nc(C)n(Cc2cccnc2C(=O)O)n1. The van der Waals surface area contributed by atoms with Crippen LogP contribution >= 0.6 is 0 Å². The van der Waals surface area contributed by atoms with Crippen molar-refractivity contribution in [2.75, 3.05) is 0 Å². The summed E-state index contributed by atoms with van der Waals surface area (Å²) in [4.78, 5) is 19.0. The molecule has 0 aliphatic carbocycles. The smallest absolute Gasteiger partial charge is 0.354 e. The number of carboxylic acid groups (broad SMARTS) is 1. The van der Waals surface area contributed by atoms with Gasteiger partial charge in [0.2, 0.25) is 0 Å². The molecule has 0 aromatic carbocycles. The minimum Gasteiger partial charge on any atom is -0.477 e. The van der Waals surface area contributed by atoms with Crippen LogP contribution in [0.1, 0.15) is 27.7 Å². The Balaban J connectivity index is 2.36. The van der Waals surface area contributed by atoms with Crippen molar-refractivity contribution in [3.63, 3.8) is 0 Å². The number of aryl methyl sites for hydroxylation is 2. The maximum Gasteiger partial charge on any atom is 0.354 e. The van der Waals surface area contributed by atoms with Crippen molar-refractivity contribution in [3.8, 4) is 0 Å². The van der Waals surface area contributed by atoms with Gasteiger partial charge in [-0.2, -0.15) is 5.10 Å². The number of aromatic carboxylic acids is 1. The lowest BCUT2D eigenvalue weighted by Gasteiger charge is -2.05. The molecule has 2 aromatic rings. The molecule has 0 aliphatic heterocycles. The summed E-state index contributed by atoms with van der Waals surface area (Å²) in [6, 6.07) is 3.44. The highest BCUT2D eigenvalue weighted by molar-refractivity contribution is 5.86. The molecule has 0 aliphatic rings. The molecule has 0 saturated heterocycles. The normalized spacial score (nSPS) is 10.5. The Morgan fingerprint density at radius 3 is 2.82 bits per heavy atom. The lowest BCUT2D eigenvalue weighted by atomic mass is 10.2. The van der Waals surface area contributed by atoms with Gasteiger partial charge in [0.25, 0.3) is 0 Å². The Kier molecular flexibility index (Phi) is 2.86. The van der Waals surface area contributed by atoms with Crippen LogP contribution in [0.15, 0.2) is 18.3 Å². The molecule has 0 spiro atoms. The van der Waals surface area contributed by atoms with E-state index < -0.39 is 5.97 Å². The van der Waals surface area contributed by atoms with E-state index in [4.69, 9.17) is 5.11 Å². The third kappa shape index (κ3) is 2.30. The van der Waals surface area contributed by atoms with E-state index in [1.807, 2.05) is 6.92 Å². The molecule has 6 nitrogen and oxygen atoms in total. The summed E-state index contributed by atoms with van der Waals surface area (Å²) in [5.74, 6) is 0.390. The first-order valence-electron chi connectivity index (χ1n) is 5.13. The maximum atomic E-state index is 11.0. The minimum atomic E-state index is -1.03. The third-order valence-electron chi connectivity index (χ3n) is 2.38. The topological polar surface area (TPSA) is 80.9 Å². The van der Waals surface area contributed by atoms with Crippen LogP contribution in [0.4, 0.5) is 0 Å². The predicted octanol–water partition coefficient (Wildman–Crippen LogP) is 1.04. The fraction of sp³-hybridized carbons (Fsp3) is 0.273. The van der Waals surface area contributed by atoms with Crippen molar-refractivity contribution in [3.05, 3.63) is 41.2 Å². The molecule has 0 unspecified atom stereocenters. The van der Waals surface area contributed by atoms with Crippen molar-refractivity contribution in [2.45, 2.75) is 20.4 Å². The number of rotatable bonds is 3. The van der Waals surface area contributed by atoms with Crippen LogP contribution in [-0.4, -0.2) is 30.8 Å². The van der Waals surface area contributed by atoms with Crippen molar-refractivity contribution >= 4 is 5.97 Å². The fourth-order valence-electron chi connectivity index (χ4n) is 1.63. The van der Waals surface area contributed by atoms with Gasteiger partial charge in [-0.3, -0.25) is 0 Å². The van der Waals surface area contributed by atoms with Crippen LogP contribution in [0.5, 0.6) is 0 Å². The molecule has 0 amide bonds. The Morgan fingerprint density at radius 2 is 2.24 bits per heavy atom. The standard InChI is InChI=1S/C11H12N4O2/c1-7-13-8(2)15(14-7)6-9-4-3-5-12-10(9)11(16)17/h3-5H,6H2,1-2H3,(H,16,17). The number of hydrogen-bond donors (Lipinski definition) is 1.